The summed E-state index contributed by atoms with van der Waals surface area (Å²) >= 11 is 0. The highest BCUT2D eigenvalue weighted by Crippen LogP contribution is 2.39. The van der Waals surface area contributed by atoms with Crippen LogP contribution in [-0.2, 0) is 6.18 Å². The largest absolute Gasteiger partial charge is 0.506 e. The van der Waals surface area contributed by atoms with Crippen molar-refractivity contribution < 1.29 is 36.2 Å². The minimum Gasteiger partial charge on any atom is -0.506 e. The second-order valence-corrected chi connectivity index (χ2v) is 5.53. The van der Waals surface area contributed by atoms with E-state index >= 15 is 0 Å². The van der Waals surface area contributed by atoms with Gasteiger partial charge < -0.3 is 15.2 Å². The van der Waals surface area contributed by atoms with Gasteiger partial charge in [0.2, 0.25) is 5.88 Å². The smallest absolute Gasteiger partial charge is 0.417 e. The lowest BCUT2D eigenvalue weighted by molar-refractivity contribution is -0.136. The third-order valence-electron chi connectivity index (χ3n) is 3.04. The first-order chi connectivity index (χ1) is 11.4. The molecule has 0 amide bonds. The van der Waals surface area contributed by atoms with Gasteiger partial charge in [0, 0.05) is 17.5 Å². The van der Waals surface area contributed by atoms with Crippen molar-refractivity contribution in [1.82, 2.24) is 4.98 Å². The molecule has 0 spiro atoms. The molecular formula is C15H14F6N2O2. The van der Waals surface area contributed by atoms with Gasteiger partial charge in [-0.15, -0.1) is 0 Å². The number of rotatable bonds is 4. The number of phenols is 1. The van der Waals surface area contributed by atoms with Crippen LogP contribution in [0.1, 0.15) is 19.4 Å². The molecule has 0 unspecified atom stereocenters. The summed E-state index contributed by atoms with van der Waals surface area (Å²) in [4.78, 5) is 3.87. The normalized spacial score (nSPS) is 12.7. The van der Waals surface area contributed by atoms with Gasteiger partial charge in [0.25, 0.3) is 0 Å². The number of pyridine rings is 1. The zero-order valence-corrected chi connectivity index (χ0v) is 13.1. The van der Waals surface area contributed by atoms with Crippen LogP contribution < -0.4 is 10.1 Å². The summed E-state index contributed by atoms with van der Waals surface area (Å²) in [6, 6.07) is 2.31. The van der Waals surface area contributed by atoms with Crippen molar-refractivity contribution in [3.05, 3.63) is 23.8 Å². The number of hydrogen-bond acceptors (Lipinski definition) is 4. The van der Waals surface area contributed by atoms with E-state index in [0.29, 0.717) is 6.07 Å². The molecule has 0 atom stereocenters. The van der Waals surface area contributed by atoms with Gasteiger partial charge in [0.1, 0.15) is 12.3 Å². The Hall–Kier alpha value is -2.39. The maximum Gasteiger partial charge on any atom is 0.417 e. The van der Waals surface area contributed by atoms with Crippen molar-refractivity contribution in [1.29, 1.82) is 0 Å². The van der Waals surface area contributed by atoms with E-state index in [1.165, 1.54) is 0 Å². The van der Waals surface area contributed by atoms with Gasteiger partial charge in [0.05, 0.1) is 22.9 Å². The number of alkyl halides is 6. The van der Waals surface area contributed by atoms with Gasteiger partial charge in [-0.05, 0) is 19.9 Å². The highest BCUT2D eigenvalue weighted by atomic mass is 19.4. The second-order valence-electron chi connectivity index (χ2n) is 5.53. The molecule has 1 heterocycles. The Morgan fingerprint density at radius 3 is 2.28 bits per heavy atom. The number of phenolic OH excluding ortho intramolecular Hbond substituents is 1. The predicted molar refractivity (Wildman–Crippen MR) is 78.7 cm³/mol. The Morgan fingerprint density at radius 1 is 1.12 bits per heavy atom. The summed E-state index contributed by atoms with van der Waals surface area (Å²) in [5, 5.41) is 11.2. The Balaban J connectivity index is 2.59. The lowest BCUT2D eigenvalue weighted by Gasteiger charge is -2.17. The van der Waals surface area contributed by atoms with Gasteiger partial charge in [-0.25, -0.2) is 4.98 Å². The van der Waals surface area contributed by atoms with Crippen LogP contribution in [0.25, 0.3) is 10.9 Å². The fraction of sp³-hybridized carbons (Fsp3) is 0.400. The molecule has 0 bridgehead atoms. The zero-order chi connectivity index (χ0) is 19.0. The number of anilines is 1. The summed E-state index contributed by atoms with van der Waals surface area (Å²) in [5.41, 5.74) is -1.85. The van der Waals surface area contributed by atoms with Crippen LogP contribution >= 0.6 is 0 Å². The van der Waals surface area contributed by atoms with E-state index in [9.17, 15) is 31.4 Å². The van der Waals surface area contributed by atoms with Crippen LogP contribution in [0.2, 0.25) is 0 Å². The van der Waals surface area contributed by atoms with Gasteiger partial charge >= 0.3 is 12.4 Å². The van der Waals surface area contributed by atoms with E-state index in [4.69, 9.17) is 4.74 Å². The SMILES string of the molecule is CC(C)Oc1cc(C(F)(F)F)c2cc(NCC(F)(F)F)c(O)cc2n1. The number of aromatic nitrogens is 1. The molecule has 25 heavy (non-hydrogen) atoms. The van der Waals surface area contributed by atoms with Crippen LogP contribution in [0.3, 0.4) is 0 Å². The number of nitrogens with one attached hydrogen (secondary N) is 1. The quantitative estimate of drug-likeness (QED) is 0.606. The molecule has 0 radical (unpaired) electrons. The van der Waals surface area contributed by atoms with Crippen molar-refractivity contribution in [2.45, 2.75) is 32.3 Å². The molecule has 2 N–H and O–H groups in total. The minimum absolute atomic E-state index is 0.250. The molecule has 2 aromatic rings. The Morgan fingerprint density at radius 2 is 1.76 bits per heavy atom. The molecule has 0 aliphatic rings. The average Bonchev–Trinajstić information content (AvgIpc) is 2.41. The molecule has 0 fully saturated rings. The molecule has 138 valence electrons. The minimum atomic E-state index is -4.78. The molecule has 0 aliphatic heterocycles. The zero-order valence-electron chi connectivity index (χ0n) is 13.1. The van der Waals surface area contributed by atoms with Gasteiger partial charge in [0.15, 0.2) is 0 Å². The number of benzene rings is 1. The second kappa shape index (κ2) is 6.49. The molecule has 4 nitrogen and oxygen atoms in total. The van der Waals surface area contributed by atoms with E-state index in [2.05, 4.69) is 4.98 Å². The molecule has 2 rings (SSSR count). The number of aromatic hydroxyl groups is 1. The van der Waals surface area contributed by atoms with Crippen molar-refractivity contribution in [2.24, 2.45) is 0 Å². The van der Waals surface area contributed by atoms with Crippen molar-refractivity contribution in [3.8, 4) is 11.6 Å². The third kappa shape index (κ3) is 4.80. The van der Waals surface area contributed by atoms with E-state index in [0.717, 1.165) is 12.1 Å². The van der Waals surface area contributed by atoms with Crippen molar-refractivity contribution in [2.75, 3.05) is 11.9 Å². The fourth-order valence-corrected chi connectivity index (χ4v) is 2.11. The lowest BCUT2D eigenvalue weighted by atomic mass is 10.1. The monoisotopic (exact) mass is 368 g/mol. The van der Waals surface area contributed by atoms with Gasteiger partial charge in [-0.3, -0.25) is 0 Å². The van der Waals surface area contributed by atoms with Crippen molar-refractivity contribution >= 4 is 16.6 Å². The molecule has 10 heteroatoms. The lowest BCUT2D eigenvalue weighted by Crippen LogP contribution is -2.21. The van der Waals surface area contributed by atoms with E-state index in [1.54, 1.807) is 13.8 Å². The highest BCUT2D eigenvalue weighted by Gasteiger charge is 2.34. The summed E-state index contributed by atoms with van der Waals surface area (Å²) in [6.45, 7) is 1.69. The Kier molecular flexibility index (Phi) is 4.92. The van der Waals surface area contributed by atoms with E-state index < -0.39 is 47.4 Å². The molecule has 0 saturated heterocycles. The first-order valence-electron chi connectivity index (χ1n) is 7.09. The first-order valence-corrected chi connectivity index (χ1v) is 7.09. The first kappa shape index (κ1) is 18.9. The van der Waals surface area contributed by atoms with Gasteiger partial charge in [-0.1, -0.05) is 0 Å². The number of ether oxygens (including phenoxy) is 1. The number of halogens is 6. The molecule has 1 aromatic heterocycles. The molecular weight excluding hydrogens is 354 g/mol. The molecule has 0 aliphatic carbocycles. The van der Waals surface area contributed by atoms with Crippen LogP contribution in [-0.4, -0.2) is 28.9 Å². The van der Waals surface area contributed by atoms with Crippen LogP contribution in [0.15, 0.2) is 18.2 Å². The molecule has 1 aromatic carbocycles. The van der Waals surface area contributed by atoms with E-state index in [1.807, 2.05) is 5.32 Å². The number of fused-ring (bicyclic) bond motifs is 1. The standard InChI is InChI=1S/C15H14F6N2O2/c1-7(2)25-13-4-9(15(19,20)21)8-3-11(22-6-14(16,17)18)12(24)5-10(8)23-13/h3-5,7,22,24H,6H2,1-2H3. The van der Waals surface area contributed by atoms with Crippen LogP contribution in [0, 0.1) is 0 Å². The third-order valence-corrected chi connectivity index (χ3v) is 3.04. The summed E-state index contributed by atoms with van der Waals surface area (Å²) in [6.07, 6.45) is -9.82. The van der Waals surface area contributed by atoms with E-state index in [-0.39, 0.29) is 11.4 Å². The maximum atomic E-state index is 13.3. The highest BCUT2D eigenvalue weighted by molar-refractivity contribution is 5.89. The van der Waals surface area contributed by atoms with Crippen LogP contribution in [0.4, 0.5) is 32.0 Å². The Labute approximate surface area is 138 Å². The summed E-state index contributed by atoms with van der Waals surface area (Å²) in [5.74, 6) is -0.954. The fourth-order valence-electron chi connectivity index (χ4n) is 2.11. The summed E-state index contributed by atoms with van der Waals surface area (Å²) in [7, 11) is 0. The average molecular weight is 368 g/mol. The van der Waals surface area contributed by atoms with Crippen molar-refractivity contribution in [3.63, 3.8) is 0 Å². The predicted octanol–water partition coefficient (Wildman–Crippen LogP) is 4.72. The Bertz CT molecular complexity index is 771. The topological polar surface area (TPSA) is 54.4 Å². The maximum absolute atomic E-state index is 13.3. The number of hydrogen-bond donors (Lipinski definition) is 2. The van der Waals surface area contributed by atoms with Crippen LogP contribution in [0.5, 0.6) is 11.6 Å². The number of nitrogens with zero attached hydrogens (tertiary/aromatic N) is 1. The van der Waals surface area contributed by atoms with Gasteiger partial charge in [-0.2, -0.15) is 26.3 Å². The summed E-state index contributed by atoms with van der Waals surface area (Å²) < 4.78 is 81.9. The molecule has 0 saturated carbocycles.